The van der Waals surface area contributed by atoms with Gasteiger partial charge in [0.2, 0.25) is 0 Å². The minimum Gasteiger partial charge on any atom is -0.372 e. The van der Waals surface area contributed by atoms with Crippen molar-refractivity contribution in [1.29, 1.82) is 0 Å². The molecule has 0 unspecified atom stereocenters. The molecule has 2 rings (SSSR count). The van der Waals surface area contributed by atoms with E-state index in [1.165, 1.54) is 38.5 Å². The lowest BCUT2D eigenvalue weighted by molar-refractivity contribution is -0.0750. The van der Waals surface area contributed by atoms with Crippen LogP contribution < -0.4 is 5.32 Å². The van der Waals surface area contributed by atoms with E-state index in [4.69, 9.17) is 4.74 Å². The molecule has 1 heterocycles. The Kier molecular flexibility index (Phi) is 2.66. The van der Waals surface area contributed by atoms with Crippen LogP contribution in [-0.2, 0) is 4.74 Å². The van der Waals surface area contributed by atoms with Gasteiger partial charge in [0, 0.05) is 13.1 Å². The van der Waals surface area contributed by atoms with Gasteiger partial charge < -0.3 is 10.1 Å². The standard InChI is InChI=1S/C10H19NO/c1-2-4-6-10(5-3-1)9-11-7-8-12-10/h11H,1-9H2. The zero-order chi connectivity index (χ0) is 8.28. The molecule has 0 aromatic carbocycles. The number of nitrogens with one attached hydrogen (secondary N) is 1. The monoisotopic (exact) mass is 169 g/mol. The van der Waals surface area contributed by atoms with Crippen LogP contribution in [0.1, 0.15) is 38.5 Å². The molecule has 0 atom stereocenters. The summed E-state index contributed by atoms with van der Waals surface area (Å²) in [5, 5.41) is 3.45. The van der Waals surface area contributed by atoms with Crippen LogP contribution in [0, 0.1) is 0 Å². The lowest BCUT2D eigenvalue weighted by atomic mass is 9.93. The average molecular weight is 169 g/mol. The zero-order valence-corrected chi connectivity index (χ0v) is 7.77. The number of rotatable bonds is 0. The lowest BCUT2D eigenvalue weighted by Gasteiger charge is -2.37. The minimum absolute atomic E-state index is 0.231. The van der Waals surface area contributed by atoms with Crippen LogP contribution >= 0.6 is 0 Å². The summed E-state index contributed by atoms with van der Waals surface area (Å²) in [5.41, 5.74) is 0.231. The molecule has 2 nitrogen and oxygen atoms in total. The van der Waals surface area contributed by atoms with Crippen molar-refractivity contribution in [1.82, 2.24) is 5.32 Å². The number of ether oxygens (including phenoxy) is 1. The van der Waals surface area contributed by atoms with Crippen LogP contribution in [0.4, 0.5) is 0 Å². The van der Waals surface area contributed by atoms with Gasteiger partial charge in [-0.1, -0.05) is 25.7 Å². The van der Waals surface area contributed by atoms with E-state index in [1.807, 2.05) is 0 Å². The molecule has 12 heavy (non-hydrogen) atoms. The van der Waals surface area contributed by atoms with Gasteiger partial charge in [-0.05, 0) is 12.8 Å². The number of morpholine rings is 1. The molecule has 1 aliphatic heterocycles. The Bertz CT molecular complexity index is 131. The SMILES string of the molecule is C1CCCC2(CC1)CNCCO2. The summed E-state index contributed by atoms with van der Waals surface area (Å²) in [5.74, 6) is 0. The van der Waals surface area contributed by atoms with Gasteiger partial charge in [-0.2, -0.15) is 0 Å². The van der Waals surface area contributed by atoms with Crippen molar-refractivity contribution in [2.24, 2.45) is 0 Å². The second-order valence-corrected chi connectivity index (χ2v) is 4.12. The molecule has 1 saturated carbocycles. The Balaban J connectivity index is 1.95. The fourth-order valence-corrected chi connectivity index (χ4v) is 2.40. The summed E-state index contributed by atoms with van der Waals surface area (Å²) in [4.78, 5) is 0. The van der Waals surface area contributed by atoms with E-state index < -0.39 is 0 Å². The van der Waals surface area contributed by atoms with Crippen molar-refractivity contribution >= 4 is 0 Å². The summed E-state index contributed by atoms with van der Waals surface area (Å²) in [6.07, 6.45) is 8.10. The first-order valence-electron chi connectivity index (χ1n) is 5.26. The van der Waals surface area contributed by atoms with Crippen molar-refractivity contribution in [2.45, 2.75) is 44.1 Å². The molecule has 1 saturated heterocycles. The minimum atomic E-state index is 0.231. The van der Waals surface area contributed by atoms with Crippen molar-refractivity contribution < 1.29 is 4.74 Å². The first kappa shape index (κ1) is 8.52. The van der Waals surface area contributed by atoms with Crippen LogP contribution in [0.25, 0.3) is 0 Å². The van der Waals surface area contributed by atoms with Crippen molar-refractivity contribution in [2.75, 3.05) is 19.7 Å². The largest absolute Gasteiger partial charge is 0.372 e. The topological polar surface area (TPSA) is 21.3 Å². The first-order chi connectivity index (χ1) is 5.91. The molecule has 1 aliphatic carbocycles. The zero-order valence-electron chi connectivity index (χ0n) is 7.77. The summed E-state index contributed by atoms with van der Waals surface area (Å²) in [7, 11) is 0. The normalized spacial score (nSPS) is 30.0. The summed E-state index contributed by atoms with van der Waals surface area (Å²) >= 11 is 0. The van der Waals surface area contributed by atoms with Crippen LogP contribution in [0.5, 0.6) is 0 Å². The quantitative estimate of drug-likeness (QED) is 0.596. The van der Waals surface area contributed by atoms with Gasteiger partial charge in [0.05, 0.1) is 12.2 Å². The van der Waals surface area contributed by atoms with E-state index in [0.29, 0.717) is 0 Å². The molecule has 0 aromatic heterocycles. The second kappa shape index (κ2) is 3.75. The highest BCUT2D eigenvalue weighted by molar-refractivity contribution is 4.87. The highest BCUT2D eigenvalue weighted by Gasteiger charge is 2.33. The Morgan fingerprint density at radius 3 is 2.33 bits per heavy atom. The van der Waals surface area contributed by atoms with Gasteiger partial charge in [0.15, 0.2) is 0 Å². The van der Waals surface area contributed by atoms with E-state index in [2.05, 4.69) is 5.32 Å². The van der Waals surface area contributed by atoms with Crippen LogP contribution in [0.3, 0.4) is 0 Å². The molecule has 0 amide bonds. The van der Waals surface area contributed by atoms with E-state index in [-0.39, 0.29) is 5.60 Å². The Morgan fingerprint density at radius 1 is 1.00 bits per heavy atom. The van der Waals surface area contributed by atoms with Crippen molar-refractivity contribution in [3.8, 4) is 0 Å². The molecular formula is C10H19NO. The van der Waals surface area contributed by atoms with Gasteiger partial charge >= 0.3 is 0 Å². The van der Waals surface area contributed by atoms with Gasteiger partial charge in [-0.15, -0.1) is 0 Å². The molecule has 0 radical (unpaired) electrons. The number of hydrogen-bond donors (Lipinski definition) is 1. The van der Waals surface area contributed by atoms with Gasteiger partial charge in [-0.25, -0.2) is 0 Å². The Labute approximate surface area is 74.7 Å². The molecule has 70 valence electrons. The molecule has 1 N–H and O–H groups in total. The molecular weight excluding hydrogens is 150 g/mol. The van der Waals surface area contributed by atoms with E-state index >= 15 is 0 Å². The van der Waals surface area contributed by atoms with Crippen molar-refractivity contribution in [3.63, 3.8) is 0 Å². The van der Waals surface area contributed by atoms with E-state index in [0.717, 1.165) is 19.7 Å². The smallest absolute Gasteiger partial charge is 0.0806 e. The lowest BCUT2D eigenvalue weighted by Crippen LogP contribution is -2.49. The Hall–Kier alpha value is -0.0800. The first-order valence-corrected chi connectivity index (χ1v) is 5.26. The van der Waals surface area contributed by atoms with E-state index in [1.54, 1.807) is 0 Å². The Morgan fingerprint density at radius 2 is 1.75 bits per heavy atom. The van der Waals surface area contributed by atoms with Gasteiger partial charge in [0.25, 0.3) is 0 Å². The summed E-state index contributed by atoms with van der Waals surface area (Å²) in [6, 6.07) is 0. The summed E-state index contributed by atoms with van der Waals surface area (Å²) in [6.45, 7) is 3.05. The predicted molar refractivity (Wildman–Crippen MR) is 49.3 cm³/mol. The highest BCUT2D eigenvalue weighted by Crippen LogP contribution is 2.30. The summed E-state index contributed by atoms with van der Waals surface area (Å²) < 4.78 is 5.92. The van der Waals surface area contributed by atoms with Crippen LogP contribution in [0.15, 0.2) is 0 Å². The highest BCUT2D eigenvalue weighted by atomic mass is 16.5. The molecule has 2 heteroatoms. The average Bonchev–Trinajstić information content (AvgIpc) is 2.33. The molecule has 1 spiro atoms. The third-order valence-electron chi connectivity index (χ3n) is 3.15. The fourth-order valence-electron chi connectivity index (χ4n) is 2.40. The third-order valence-corrected chi connectivity index (χ3v) is 3.15. The van der Waals surface area contributed by atoms with Crippen LogP contribution in [0.2, 0.25) is 0 Å². The molecule has 2 aliphatic rings. The maximum atomic E-state index is 5.92. The van der Waals surface area contributed by atoms with Crippen molar-refractivity contribution in [3.05, 3.63) is 0 Å². The maximum absolute atomic E-state index is 5.92. The second-order valence-electron chi connectivity index (χ2n) is 4.12. The predicted octanol–water partition coefficient (Wildman–Crippen LogP) is 1.70. The van der Waals surface area contributed by atoms with Gasteiger partial charge in [-0.3, -0.25) is 0 Å². The maximum Gasteiger partial charge on any atom is 0.0806 e. The molecule has 0 bridgehead atoms. The molecule has 2 fully saturated rings. The number of hydrogen-bond acceptors (Lipinski definition) is 2. The van der Waals surface area contributed by atoms with Gasteiger partial charge in [0.1, 0.15) is 0 Å². The molecule has 0 aromatic rings. The van der Waals surface area contributed by atoms with Crippen LogP contribution in [-0.4, -0.2) is 25.3 Å². The van der Waals surface area contributed by atoms with E-state index in [9.17, 15) is 0 Å². The third kappa shape index (κ3) is 1.80. The fraction of sp³-hybridized carbons (Fsp3) is 1.00.